The van der Waals surface area contributed by atoms with Gasteiger partial charge in [0.05, 0.1) is 17.6 Å². The Balaban J connectivity index is 3.09. The summed E-state index contributed by atoms with van der Waals surface area (Å²) in [6, 6.07) is 0. The number of anilines is 1. The van der Waals surface area contributed by atoms with Gasteiger partial charge in [0.2, 0.25) is 0 Å². The molecule has 0 aliphatic heterocycles. The number of rotatable bonds is 1. The normalized spacial score (nSPS) is 9.80. The van der Waals surface area contributed by atoms with E-state index in [0.717, 1.165) is 0 Å². The van der Waals surface area contributed by atoms with Crippen LogP contribution in [-0.4, -0.2) is 9.97 Å². The van der Waals surface area contributed by atoms with Crippen LogP contribution in [-0.2, 0) is 6.54 Å². The fourth-order valence-electron chi connectivity index (χ4n) is 0.566. The van der Waals surface area contributed by atoms with Gasteiger partial charge in [-0.05, 0) is 15.9 Å². The van der Waals surface area contributed by atoms with Gasteiger partial charge in [-0.25, -0.2) is 9.97 Å². The number of aromatic nitrogens is 2. The first kappa shape index (κ1) is 7.43. The Kier molecular flexibility index (Phi) is 2.18. The van der Waals surface area contributed by atoms with Crippen molar-refractivity contribution in [3.63, 3.8) is 0 Å². The van der Waals surface area contributed by atoms with Crippen molar-refractivity contribution < 1.29 is 0 Å². The molecule has 1 heterocycles. The Hall–Kier alpha value is -0.680. The molecule has 10 heavy (non-hydrogen) atoms. The number of hydrogen-bond acceptors (Lipinski definition) is 4. The highest BCUT2D eigenvalue weighted by Crippen LogP contribution is 2.08. The van der Waals surface area contributed by atoms with Gasteiger partial charge in [0.25, 0.3) is 0 Å². The third-order valence-electron chi connectivity index (χ3n) is 1.06. The number of nitrogens with zero attached hydrogens (tertiary/aromatic N) is 2. The summed E-state index contributed by atoms with van der Waals surface area (Å²) in [5, 5.41) is 0. The van der Waals surface area contributed by atoms with E-state index in [2.05, 4.69) is 25.9 Å². The average molecular weight is 203 g/mol. The van der Waals surface area contributed by atoms with Crippen LogP contribution in [0.1, 0.15) is 5.69 Å². The lowest BCUT2D eigenvalue weighted by atomic mass is 10.3. The van der Waals surface area contributed by atoms with E-state index in [-0.39, 0.29) is 0 Å². The molecule has 0 bridgehead atoms. The molecule has 0 aromatic carbocycles. The largest absolute Gasteiger partial charge is 0.396 e. The molecule has 54 valence electrons. The van der Waals surface area contributed by atoms with E-state index in [4.69, 9.17) is 11.5 Å². The highest BCUT2D eigenvalue weighted by Gasteiger charge is 1.98. The molecule has 0 saturated heterocycles. The van der Waals surface area contributed by atoms with Gasteiger partial charge >= 0.3 is 0 Å². The molecule has 0 spiro atoms. The van der Waals surface area contributed by atoms with E-state index < -0.39 is 0 Å². The summed E-state index contributed by atoms with van der Waals surface area (Å²) in [6.45, 7) is 0.340. The van der Waals surface area contributed by atoms with Gasteiger partial charge in [0.1, 0.15) is 0 Å². The second kappa shape index (κ2) is 2.94. The van der Waals surface area contributed by atoms with Gasteiger partial charge in [-0.15, -0.1) is 0 Å². The maximum Gasteiger partial charge on any atom is 0.196 e. The van der Waals surface area contributed by atoms with Crippen LogP contribution in [0.5, 0.6) is 0 Å². The van der Waals surface area contributed by atoms with Crippen molar-refractivity contribution in [1.82, 2.24) is 9.97 Å². The van der Waals surface area contributed by atoms with Crippen LogP contribution in [0.2, 0.25) is 0 Å². The maximum absolute atomic E-state index is 5.47. The quantitative estimate of drug-likeness (QED) is 0.642. The summed E-state index contributed by atoms with van der Waals surface area (Å²) >= 11 is 3.10. The second-order valence-corrected chi connectivity index (χ2v) is 2.45. The summed E-state index contributed by atoms with van der Waals surface area (Å²) in [5.74, 6) is 0. The fraction of sp³-hybridized carbons (Fsp3) is 0.200. The van der Waals surface area contributed by atoms with Crippen LogP contribution in [0.4, 0.5) is 5.69 Å². The Morgan fingerprint density at radius 1 is 1.60 bits per heavy atom. The Morgan fingerprint density at radius 2 is 2.30 bits per heavy atom. The van der Waals surface area contributed by atoms with Crippen LogP contribution in [0.25, 0.3) is 0 Å². The molecule has 0 radical (unpaired) electrons. The Morgan fingerprint density at radius 3 is 2.80 bits per heavy atom. The van der Waals surface area contributed by atoms with Crippen molar-refractivity contribution in [2.75, 3.05) is 5.73 Å². The highest BCUT2D eigenvalue weighted by molar-refractivity contribution is 9.10. The zero-order valence-electron chi connectivity index (χ0n) is 5.21. The second-order valence-electron chi connectivity index (χ2n) is 1.75. The predicted molar refractivity (Wildman–Crippen MR) is 42.0 cm³/mol. The molecule has 0 aliphatic carbocycles. The van der Waals surface area contributed by atoms with E-state index in [1.807, 2.05) is 0 Å². The van der Waals surface area contributed by atoms with Crippen LogP contribution in [0.15, 0.2) is 10.9 Å². The summed E-state index contributed by atoms with van der Waals surface area (Å²) in [4.78, 5) is 7.76. The van der Waals surface area contributed by atoms with Gasteiger partial charge < -0.3 is 11.5 Å². The van der Waals surface area contributed by atoms with Crippen LogP contribution >= 0.6 is 15.9 Å². The fourth-order valence-corrected chi connectivity index (χ4v) is 0.882. The molecule has 1 aromatic rings. The summed E-state index contributed by atoms with van der Waals surface area (Å²) < 4.78 is 0.516. The standard InChI is InChI=1S/C5H7BrN4/c6-5-9-2-3(8)4(1-7)10-5/h2H,1,7-8H2. The Labute approximate surface area is 66.8 Å². The lowest BCUT2D eigenvalue weighted by Gasteiger charge is -1.99. The van der Waals surface area contributed by atoms with E-state index >= 15 is 0 Å². The first-order valence-corrected chi connectivity index (χ1v) is 3.50. The maximum atomic E-state index is 5.47. The SMILES string of the molecule is NCc1nc(Br)ncc1N. The molecule has 0 fully saturated rings. The molecule has 0 amide bonds. The number of halogens is 1. The predicted octanol–water partition coefficient (Wildman–Crippen LogP) is 0.280. The molecule has 4 nitrogen and oxygen atoms in total. The van der Waals surface area contributed by atoms with Gasteiger partial charge in [-0.2, -0.15) is 0 Å². The average Bonchev–Trinajstić information content (AvgIpc) is 1.94. The zero-order valence-corrected chi connectivity index (χ0v) is 6.80. The third kappa shape index (κ3) is 1.43. The summed E-state index contributed by atoms with van der Waals surface area (Å²) in [5.41, 5.74) is 12.0. The molecule has 0 aliphatic rings. The first-order chi connectivity index (χ1) is 4.74. The molecule has 0 saturated carbocycles. The minimum Gasteiger partial charge on any atom is -0.396 e. The topological polar surface area (TPSA) is 77.8 Å². The van der Waals surface area contributed by atoms with E-state index in [1.165, 1.54) is 6.20 Å². The van der Waals surface area contributed by atoms with Gasteiger partial charge in [0.15, 0.2) is 4.73 Å². The van der Waals surface area contributed by atoms with Crippen molar-refractivity contribution in [3.8, 4) is 0 Å². The molecular weight excluding hydrogens is 196 g/mol. The molecule has 1 aromatic heterocycles. The molecule has 0 unspecified atom stereocenters. The number of nitrogen functional groups attached to an aromatic ring is 1. The van der Waals surface area contributed by atoms with E-state index in [1.54, 1.807) is 0 Å². The minimum atomic E-state index is 0.340. The minimum absolute atomic E-state index is 0.340. The lowest BCUT2D eigenvalue weighted by molar-refractivity contribution is 0.950. The third-order valence-corrected chi connectivity index (χ3v) is 1.45. The molecule has 1 rings (SSSR count). The molecule has 4 N–H and O–H groups in total. The van der Waals surface area contributed by atoms with Gasteiger partial charge in [-0.3, -0.25) is 0 Å². The first-order valence-electron chi connectivity index (χ1n) is 2.71. The van der Waals surface area contributed by atoms with E-state index in [0.29, 0.717) is 22.7 Å². The smallest absolute Gasteiger partial charge is 0.196 e. The van der Waals surface area contributed by atoms with Crippen molar-refractivity contribution in [3.05, 3.63) is 16.6 Å². The monoisotopic (exact) mass is 202 g/mol. The Bertz CT molecular complexity index is 237. The van der Waals surface area contributed by atoms with Crippen molar-refractivity contribution in [2.45, 2.75) is 6.54 Å². The lowest BCUT2D eigenvalue weighted by Crippen LogP contribution is -2.05. The summed E-state index contributed by atoms with van der Waals surface area (Å²) in [6.07, 6.45) is 1.53. The number of nitrogens with two attached hydrogens (primary N) is 2. The van der Waals surface area contributed by atoms with Crippen LogP contribution in [0, 0.1) is 0 Å². The molecule has 0 atom stereocenters. The van der Waals surface area contributed by atoms with Gasteiger partial charge in [-0.1, -0.05) is 0 Å². The van der Waals surface area contributed by atoms with Crippen molar-refractivity contribution >= 4 is 21.6 Å². The van der Waals surface area contributed by atoms with Crippen LogP contribution in [0.3, 0.4) is 0 Å². The van der Waals surface area contributed by atoms with Crippen molar-refractivity contribution in [2.24, 2.45) is 5.73 Å². The highest BCUT2D eigenvalue weighted by atomic mass is 79.9. The van der Waals surface area contributed by atoms with Crippen molar-refractivity contribution in [1.29, 1.82) is 0 Å². The molecule has 5 heteroatoms. The number of hydrogen-bond donors (Lipinski definition) is 2. The molecular formula is C5H7BrN4. The van der Waals surface area contributed by atoms with Crippen LogP contribution < -0.4 is 11.5 Å². The summed E-state index contributed by atoms with van der Waals surface area (Å²) in [7, 11) is 0. The van der Waals surface area contributed by atoms with Gasteiger partial charge in [0, 0.05) is 6.54 Å². The van der Waals surface area contributed by atoms with E-state index in [9.17, 15) is 0 Å². The zero-order chi connectivity index (χ0) is 7.56.